The Labute approximate surface area is 150 Å². The predicted molar refractivity (Wildman–Crippen MR) is 98.2 cm³/mol. The van der Waals surface area contributed by atoms with Crippen molar-refractivity contribution in [3.8, 4) is 5.75 Å². The van der Waals surface area contributed by atoms with Crippen molar-refractivity contribution in [2.45, 2.75) is 32.8 Å². The monoisotopic (exact) mass is 352 g/mol. The zero-order chi connectivity index (χ0) is 18.7. The zero-order valence-electron chi connectivity index (χ0n) is 14.7. The van der Waals surface area contributed by atoms with Gasteiger partial charge in [-0.05, 0) is 30.5 Å². The van der Waals surface area contributed by atoms with E-state index in [9.17, 15) is 14.7 Å². The van der Waals surface area contributed by atoms with Crippen LogP contribution < -0.4 is 5.63 Å². The highest BCUT2D eigenvalue weighted by Gasteiger charge is 2.15. The Hall–Kier alpha value is -3.08. The van der Waals surface area contributed by atoms with Crippen LogP contribution in [0.1, 0.15) is 36.0 Å². The summed E-state index contributed by atoms with van der Waals surface area (Å²) < 4.78 is 10.6. The summed E-state index contributed by atoms with van der Waals surface area (Å²) in [4.78, 5) is 24.0. The van der Waals surface area contributed by atoms with Crippen LogP contribution in [-0.4, -0.2) is 11.1 Å². The van der Waals surface area contributed by atoms with Crippen LogP contribution >= 0.6 is 0 Å². The van der Waals surface area contributed by atoms with Crippen molar-refractivity contribution < 1.29 is 19.1 Å². The maximum atomic E-state index is 12.2. The van der Waals surface area contributed by atoms with Gasteiger partial charge in [0.15, 0.2) is 0 Å². The molecule has 0 aliphatic carbocycles. The molecule has 3 aromatic rings. The average Bonchev–Trinajstić information content (AvgIpc) is 2.64. The number of carbonyl (C=O) groups excluding carboxylic acids is 1. The molecule has 1 N–H and O–H groups in total. The maximum absolute atomic E-state index is 12.2. The lowest BCUT2D eigenvalue weighted by Crippen LogP contribution is -2.10. The van der Waals surface area contributed by atoms with Crippen molar-refractivity contribution in [1.82, 2.24) is 0 Å². The van der Waals surface area contributed by atoms with Crippen LogP contribution in [0.3, 0.4) is 0 Å². The Morgan fingerprint density at radius 1 is 1.19 bits per heavy atom. The van der Waals surface area contributed by atoms with Gasteiger partial charge >= 0.3 is 11.6 Å². The number of carbonyl (C=O) groups is 1. The first-order valence-corrected chi connectivity index (χ1v) is 8.41. The second kappa shape index (κ2) is 7.44. The zero-order valence-corrected chi connectivity index (χ0v) is 14.7. The van der Waals surface area contributed by atoms with Gasteiger partial charge in [0, 0.05) is 22.6 Å². The van der Waals surface area contributed by atoms with E-state index in [1.807, 2.05) is 37.3 Å². The molecule has 0 saturated carbocycles. The van der Waals surface area contributed by atoms with E-state index in [0.717, 1.165) is 5.56 Å². The lowest BCUT2D eigenvalue weighted by molar-refractivity contribution is -0.145. The number of rotatable bonds is 5. The van der Waals surface area contributed by atoms with E-state index in [-0.39, 0.29) is 30.7 Å². The summed E-state index contributed by atoms with van der Waals surface area (Å²) in [5.74, 6) is -0.245. The molecule has 0 amide bonds. The first kappa shape index (κ1) is 17.7. The van der Waals surface area contributed by atoms with Gasteiger partial charge in [-0.2, -0.15) is 0 Å². The van der Waals surface area contributed by atoms with Crippen molar-refractivity contribution >= 4 is 16.9 Å². The third-order valence-corrected chi connectivity index (χ3v) is 4.45. The summed E-state index contributed by atoms with van der Waals surface area (Å²) >= 11 is 0. The molecule has 0 bridgehead atoms. The predicted octanol–water partition coefficient (Wildman–Crippen LogP) is 4.04. The number of phenols is 1. The molecule has 2 aromatic carbocycles. The SMILES string of the molecule is Cc1c(O)ccc2c(COC(=O)C[C@@H](C)c3ccccc3)cc(=O)oc12. The van der Waals surface area contributed by atoms with Gasteiger partial charge < -0.3 is 14.3 Å². The molecule has 3 rings (SSSR count). The van der Waals surface area contributed by atoms with Crippen LogP contribution in [0, 0.1) is 6.92 Å². The molecule has 0 saturated heterocycles. The molecule has 1 aromatic heterocycles. The van der Waals surface area contributed by atoms with Crippen molar-refractivity contribution in [3.63, 3.8) is 0 Å². The van der Waals surface area contributed by atoms with Crippen molar-refractivity contribution in [1.29, 1.82) is 0 Å². The summed E-state index contributed by atoms with van der Waals surface area (Å²) in [6.45, 7) is 3.61. The molecule has 1 heterocycles. The highest BCUT2D eigenvalue weighted by molar-refractivity contribution is 5.85. The van der Waals surface area contributed by atoms with Gasteiger partial charge in [-0.25, -0.2) is 4.79 Å². The minimum Gasteiger partial charge on any atom is -0.508 e. The fourth-order valence-electron chi connectivity index (χ4n) is 2.90. The van der Waals surface area contributed by atoms with E-state index in [0.29, 0.717) is 22.1 Å². The van der Waals surface area contributed by atoms with Crippen molar-refractivity contribution in [3.05, 3.63) is 75.6 Å². The van der Waals surface area contributed by atoms with E-state index < -0.39 is 5.63 Å². The number of benzene rings is 2. The van der Waals surface area contributed by atoms with Crippen LogP contribution in [0.15, 0.2) is 57.7 Å². The lowest BCUT2D eigenvalue weighted by Gasteiger charge is -2.12. The number of esters is 1. The van der Waals surface area contributed by atoms with Gasteiger partial charge in [0.25, 0.3) is 0 Å². The normalized spacial score (nSPS) is 12.1. The molecule has 0 spiro atoms. The summed E-state index contributed by atoms with van der Waals surface area (Å²) in [7, 11) is 0. The van der Waals surface area contributed by atoms with Gasteiger partial charge in [-0.1, -0.05) is 37.3 Å². The highest BCUT2D eigenvalue weighted by Crippen LogP contribution is 2.28. The summed E-state index contributed by atoms with van der Waals surface area (Å²) in [5, 5.41) is 10.4. The van der Waals surface area contributed by atoms with Crippen LogP contribution in [-0.2, 0) is 16.1 Å². The van der Waals surface area contributed by atoms with Gasteiger partial charge in [0.1, 0.15) is 17.9 Å². The largest absolute Gasteiger partial charge is 0.508 e. The third-order valence-electron chi connectivity index (χ3n) is 4.45. The number of aryl methyl sites for hydroxylation is 1. The van der Waals surface area contributed by atoms with E-state index >= 15 is 0 Å². The Balaban J connectivity index is 1.74. The van der Waals surface area contributed by atoms with Crippen molar-refractivity contribution in [2.24, 2.45) is 0 Å². The van der Waals surface area contributed by atoms with Crippen LogP contribution in [0.5, 0.6) is 5.75 Å². The number of hydrogen-bond donors (Lipinski definition) is 1. The molecule has 0 aliphatic heterocycles. The van der Waals surface area contributed by atoms with Gasteiger partial charge in [-0.15, -0.1) is 0 Å². The molecule has 26 heavy (non-hydrogen) atoms. The second-order valence-electron chi connectivity index (χ2n) is 6.35. The molecule has 1 atom stereocenters. The second-order valence-corrected chi connectivity index (χ2v) is 6.35. The summed E-state index contributed by atoms with van der Waals surface area (Å²) in [6, 6.07) is 14.2. The molecule has 5 heteroatoms. The molecule has 134 valence electrons. The number of aromatic hydroxyl groups is 1. The van der Waals surface area contributed by atoms with E-state index in [4.69, 9.17) is 9.15 Å². The lowest BCUT2D eigenvalue weighted by atomic mass is 9.98. The minimum absolute atomic E-state index is 0.0212. The molecule has 0 fully saturated rings. The van der Waals surface area contributed by atoms with Crippen LogP contribution in [0.4, 0.5) is 0 Å². The third kappa shape index (κ3) is 3.77. The fraction of sp³-hybridized carbons (Fsp3) is 0.238. The summed E-state index contributed by atoms with van der Waals surface area (Å²) in [5.41, 5.74) is 1.86. The number of fused-ring (bicyclic) bond motifs is 1. The Kier molecular flexibility index (Phi) is 5.07. The maximum Gasteiger partial charge on any atom is 0.336 e. The average molecular weight is 352 g/mol. The first-order chi connectivity index (χ1) is 12.5. The topological polar surface area (TPSA) is 76.7 Å². The van der Waals surface area contributed by atoms with Gasteiger partial charge in [0.05, 0.1) is 6.42 Å². The molecular formula is C21H20O5. The quantitative estimate of drug-likeness (QED) is 0.554. The number of hydrogen-bond acceptors (Lipinski definition) is 5. The van der Waals surface area contributed by atoms with Crippen LogP contribution in [0.25, 0.3) is 11.0 Å². The number of phenolic OH excluding ortho intramolecular Hbond substituents is 1. The van der Waals surface area contributed by atoms with E-state index in [1.165, 1.54) is 12.1 Å². The molecule has 0 unspecified atom stereocenters. The summed E-state index contributed by atoms with van der Waals surface area (Å²) in [6.07, 6.45) is 0.253. The molecule has 0 radical (unpaired) electrons. The minimum atomic E-state index is -0.546. The van der Waals surface area contributed by atoms with Crippen LogP contribution in [0.2, 0.25) is 0 Å². The first-order valence-electron chi connectivity index (χ1n) is 8.41. The standard InChI is InChI=1S/C21H20O5/c1-13(15-6-4-3-5-7-15)10-19(23)25-12-16-11-20(24)26-21-14(2)18(22)9-8-17(16)21/h3-9,11,13,22H,10,12H2,1-2H3/t13-/m1/s1. The smallest absolute Gasteiger partial charge is 0.336 e. The Morgan fingerprint density at radius 2 is 1.92 bits per heavy atom. The Morgan fingerprint density at radius 3 is 2.65 bits per heavy atom. The number of ether oxygens (including phenoxy) is 1. The fourth-order valence-corrected chi connectivity index (χ4v) is 2.90. The molecular weight excluding hydrogens is 332 g/mol. The Bertz CT molecular complexity index is 988. The molecule has 5 nitrogen and oxygen atoms in total. The van der Waals surface area contributed by atoms with E-state index in [2.05, 4.69) is 0 Å². The molecule has 0 aliphatic rings. The van der Waals surface area contributed by atoms with E-state index in [1.54, 1.807) is 13.0 Å². The highest BCUT2D eigenvalue weighted by atomic mass is 16.5. The van der Waals surface area contributed by atoms with Gasteiger partial charge in [0.2, 0.25) is 0 Å². The van der Waals surface area contributed by atoms with Crippen molar-refractivity contribution in [2.75, 3.05) is 0 Å². The van der Waals surface area contributed by atoms with Gasteiger partial charge in [-0.3, -0.25) is 4.79 Å².